The molecule has 25 heavy (non-hydrogen) atoms. The van der Waals surface area contributed by atoms with Crippen molar-refractivity contribution in [3.05, 3.63) is 27.2 Å². The topological polar surface area (TPSA) is 35.5 Å². The molecule has 0 radical (unpaired) electrons. The summed E-state index contributed by atoms with van der Waals surface area (Å²) >= 11 is 17.8. The highest BCUT2D eigenvalue weighted by Gasteiger charge is 2.60. The molecule has 0 saturated heterocycles. The summed E-state index contributed by atoms with van der Waals surface area (Å²) in [5.74, 6) is 0.752. The maximum Gasteiger partial charge on any atom is 0.344 e. The van der Waals surface area contributed by atoms with Crippen molar-refractivity contribution in [1.29, 1.82) is 0 Å². The van der Waals surface area contributed by atoms with Gasteiger partial charge in [-0.05, 0) is 48.5 Å². The first-order valence-electron chi connectivity index (χ1n) is 8.68. The molecule has 6 heteroatoms. The number of halogens is 3. The third kappa shape index (κ3) is 3.61. The Labute approximate surface area is 163 Å². The maximum absolute atomic E-state index is 12.0. The highest BCUT2D eigenvalue weighted by Crippen LogP contribution is 2.69. The average Bonchev–Trinajstić information content (AvgIpc) is 2.57. The van der Waals surface area contributed by atoms with E-state index in [9.17, 15) is 4.79 Å². The molecular formula is C19H23Cl3O3. The lowest BCUT2D eigenvalue weighted by atomic mass is 9.39. The van der Waals surface area contributed by atoms with Crippen molar-refractivity contribution in [1.82, 2.24) is 0 Å². The van der Waals surface area contributed by atoms with Crippen LogP contribution in [-0.2, 0) is 9.53 Å². The summed E-state index contributed by atoms with van der Waals surface area (Å²) in [6.45, 7) is 4.96. The van der Waals surface area contributed by atoms with Crippen molar-refractivity contribution in [2.45, 2.75) is 46.0 Å². The van der Waals surface area contributed by atoms with Crippen LogP contribution >= 0.6 is 34.8 Å². The molecule has 1 aromatic rings. The van der Waals surface area contributed by atoms with Crippen LogP contribution in [0.2, 0.25) is 15.1 Å². The molecule has 1 aromatic carbocycles. The van der Waals surface area contributed by atoms with Gasteiger partial charge in [-0.25, -0.2) is 4.79 Å². The summed E-state index contributed by atoms with van der Waals surface area (Å²) in [7, 11) is 0. The van der Waals surface area contributed by atoms with Crippen LogP contribution < -0.4 is 4.74 Å². The molecule has 3 fully saturated rings. The molecule has 2 unspecified atom stereocenters. The number of carbonyl (C=O) groups is 1. The van der Waals surface area contributed by atoms with Crippen molar-refractivity contribution >= 4 is 40.8 Å². The van der Waals surface area contributed by atoms with E-state index in [0.717, 1.165) is 12.3 Å². The van der Waals surface area contributed by atoms with E-state index >= 15 is 0 Å². The number of fused-ring (bicyclic) bond motifs is 2. The van der Waals surface area contributed by atoms with Gasteiger partial charge in [-0.15, -0.1) is 0 Å². The Bertz CT molecular complexity index is 670. The van der Waals surface area contributed by atoms with Gasteiger partial charge in [0.25, 0.3) is 0 Å². The highest BCUT2D eigenvalue weighted by atomic mass is 35.5. The second-order valence-electron chi connectivity index (χ2n) is 7.75. The molecule has 0 amide bonds. The van der Waals surface area contributed by atoms with Gasteiger partial charge in [0.15, 0.2) is 6.61 Å². The number of carbonyl (C=O) groups excluding carboxylic acids is 1. The minimum Gasteiger partial charge on any atom is -0.480 e. The minimum atomic E-state index is -0.400. The van der Waals surface area contributed by atoms with Gasteiger partial charge in [0, 0.05) is 6.07 Å². The maximum atomic E-state index is 12.0. The van der Waals surface area contributed by atoms with E-state index in [4.69, 9.17) is 44.3 Å². The Balaban J connectivity index is 1.46. The summed E-state index contributed by atoms with van der Waals surface area (Å²) in [5.41, 5.74) is 0.700. The molecule has 0 N–H and O–H groups in total. The zero-order chi connectivity index (χ0) is 18.2. The minimum absolute atomic E-state index is 0.198. The summed E-state index contributed by atoms with van der Waals surface area (Å²) in [6.07, 6.45) is 6.07. The molecule has 3 aliphatic carbocycles. The van der Waals surface area contributed by atoms with Crippen LogP contribution in [0.3, 0.4) is 0 Å². The Hall–Kier alpha value is -0.640. The molecule has 138 valence electrons. The molecule has 3 aliphatic rings. The van der Waals surface area contributed by atoms with E-state index in [2.05, 4.69) is 13.8 Å². The molecule has 4 rings (SSSR count). The van der Waals surface area contributed by atoms with Crippen LogP contribution in [0.15, 0.2) is 12.1 Å². The van der Waals surface area contributed by atoms with Gasteiger partial charge in [-0.3, -0.25) is 0 Å². The number of rotatable bonds is 6. The van der Waals surface area contributed by atoms with Gasteiger partial charge in [-0.1, -0.05) is 55.1 Å². The SMILES string of the molecule is CC1(C)C2CCCC1(CCOC(=O)COc1cc(Cl)c(Cl)cc1Cl)C2. The predicted octanol–water partition coefficient (Wildman–Crippen LogP) is 6.18. The zero-order valence-electron chi connectivity index (χ0n) is 14.5. The fourth-order valence-corrected chi connectivity index (χ4v) is 5.16. The molecule has 3 nitrogen and oxygen atoms in total. The number of esters is 1. The largest absolute Gasteiger partial charge is 0.480 e. The number of ether oxygens (including phenoxy) is 2. The normalized spacial score (nSPS) is 26.7. The van der Waals surface area contributed by atoms with E-state index in [1.165, 1.54) is 37.8 Å². The summed E-state index contributed by atoms with van der Waals surface area (Å²) in [4.78, 5) is 12.0. The number of benzene rings is 1. The van der Waals surface area contributed by atoms with E-state index in [1.807, 2.05) is 0 Å². The molecule has 3 saturated carbocycles. The van der Waals surface area contributed by atoms with Crippen molar-refractivity contribution in [3.63, 3.8) is 0 Å². The first-order valence-corrected chi connectivity index (χ1v) is 9.81. The van der Waals surface area contributed by atoms with Crippen LogP contribution in [0.4, 0.5) is 0 Å². The fourth-order valence-electron chi connectivity index (χ4n) is 4.57. The summed E-state index contributed by atoms with van der Waals surface area (Å²) in [5, 5.41) is 0.980. The molecule has 0 aliphatic heterocycles. The lowest BCUT2D eigenvalue weighted by Gasteiger charge is -2.66. The van der Waals surface area contributed by atoms with Crippen LogP contribution in [0.5, 0.6) is 5.75 Å². The second kappa shape index (κ2) is 7.17. The zero-order valence-corrected chi connectivity index (χ0v) is 16.8. The number of hydrogen-bond donors (Lipinski definition) is 0. The van der Waals surface area contributed by atoms with Crippen LogP contribution in [0, 0.1) is 16.7 Å². The predicted molar refractivity (Wildman–Crippen MR) is 101 cm³/mol. The third-order valence-electron chi connectivity index (χ3n) is 6.40. The lowest BCUT2D eigenvalue weighted by Crippen LogP contribution is -2.58. The standard InChI is InChI=1S/C19H23Cl3O3/c1-18(2)12-4-3-5-19(18,10-12)6-7-24-17(23)11-25-16-9-14(21)13(20)8-15(16)22/h8-9,12H,3-7,10-11H2,1-2H3. The first kappa shape index (κ1) is 19.1. The van der Waals surface area contributed by atoms with Gasteiger partial charge in [0.1, 0.15) is 5.75 Å². The Morgan fingerprint density at radius 1 is 1.20 bits per heavy atom. The molecule has 0 heterocycles. The van der Waals surface area contributed by atoms with E-state index in [-0.39, 0.29) is 6.61 Å². The highest BCUT2D eigenvalue weighted by molar-refractivity contribution is 6.43. The fraction of sp³-hybridized carbons (Fsp3) is 0.632. The molecule has 0 aromatic heterocycles. The second-order valence-corrected chi connectivity index (χ2v) is 8.97. The Morgan fingerprint density at radius 3 is 2.60 bits per heavy atom. The van der Waals surface area contributed by atoms with Crippen LogP contribution in [-0.4, -0.2) is 19.2 Å². The van der Waals surface area contributed by atoms with Gasteiger partial charge in [0.2, 0.25) is 0 Å². The Kier molecular flexibility index (Phi) is 5.49. The molecule has 2 bridgehead atoms. The van der Waals surface area contributed by atoms with E-state index in [0.29, 0.717) is 38.3 Å². The van der Waals surface area contributed by atoms with Gasteiger partial charge < -0.3 is 9.47 Å². The van der Waals surface area contributed by atoms with Crippen molar-refractivity contribution in [2.24, 2.45) is 16.7 Å². The van der Waals surface area contributed by atoms with Gasteiger partial charge in [0.05, 0.1) is 21.7 Å². The van der Waals surface area contributed by atoms with Crippen molar-refractivity contribution in [2.75, 3.05) is 13.2 Å². The first-order chi connectivity index (χ1) is 11.7. The summed E-state index contributed by atoms with van der Waals surface area (Å²) in [6, 6.07) is 2.99. The van der Waals surface area contributed by atoms with Crippen molar-refractivity contribution in [3.8, 4) is 5.75 Å². The summed E-state index contributed by atoms with van der Waals surface area (Å²) < 4.78 is 10.8. The van der Waals surface area contributed by atoms with Crippen LogP contribution in [0.1, 0.15) is 46.0 Å². The number of hydrogen-bond acceptors (Lipinski definition) is 3. The van der Waals surface area contributed by atoms with Crippen molar-refractivity contribution < 1.29 is 14.3 Å². The lowest BCUT2D eigenvalue weighted by molar-refractivity contribution is -0.176. The van der Waals surface area contributed by atoms with E-state index in [1.54, 1.807) is 0 Å². The monoisotopic (exact) mass is 404 g/mol. The van der Waals surface area contributed by atoms with Gasteiger partial charge >= 0.3 is 5.97 Å². The molecular weight excluding hydrogens is 383 g/mol. The van der Waals surface area contributed by atoms with Crippen LogP contribution in [0.25, 0.3) is 0 Å². The average molecular weight is 406 g/mol. The third-order valence-corrected chi connectivity index (χ3v) is 7.41. The molecule has 0 spiro atoms. The quantitative estimate of drug-likeness (QED) is 0.419. The Morgan fingerprint density at radius 2 is 1.92 bits per heavy atom. The molecule has 2 atom stereocenters. The van der Waals surface area contributed by atoms with E-state index < -0.39 is 5.97 Å². The smallest absolute Gasteiger partial charge is 0.344 e. The van der Waals surface area contributed by atoms with Gasteiger partial charge in [-0.2, -0.15) is 0 Å².